The molecule has 3 aromatic rings. The molecule has 0 unspecified atom stereocenters. The van der Waals surface area contributed by atoms with Crippen molar-refractivity contribution in [2.75, 3.05) is 13.1 Å². The fourth-order valence-electron chi connectivity index (χ4n) is 3.73. The molecular weight excluding hydrogens is 314 g/mol. The Morgan fingerprint density at radius 2 is 1.76 bits per heavy atom. The number of fused-ring (bicyclic) bond motifs is 2. The SMILES string of the molecule is OCc1nc2ccccc2n1C[C@H](O)CN1CCc2ccccc2C1. The van der Waals surface area contributed by atoms with E-state index in [2.05, 4.69) is 34.1 Å². The van der Waals surface area contributed by atoms with Crippen molar-refractivity contribution in [2.24, 2.45) is 0 Å². The van der Waals surface area contributed by atoms with Gasteiger partial charge in [-0.1, -0.05) is 36.4 Å². The van der Waals surface area contributed by atoms with Crippen molar-refractivity contribution >= 4 is 11.0 Å². The first-order chi connectivity index (χ1) is 12.2. The molecule has 0 bridgehead atoms. The van der Waals surface area contributed by atoms with E-state index in [1.807, 2.05) is 28.8 Å². The second-order valence-electron chi connectivity index (χ2n) is 6.69. The third-order valence-corrected chi connectivity index (χ3v) is 4.95. The Bertz CT molecular complexity index is 874. The number of hydrogen-bond donors (Lipinski definition) is 2. The van der Waals surface area contributed by atoms with Crippen molar-refractivity contribution in [3.05, 3.63) is 65.5 Å². The van der Waals surface area contributed by atoms with E-state index in [4.69, 9.17) is 0 Å². The van der Waals surface area contributed by atoms with Crippen molar-refractivity contribution in [1.82, 2.24) is 14.5 Å². The van der Waals surface area contributed by atoms with E-state index in [0.29, 0.717) is 18.9 Å². The fraction of sp³-hybridized carbons (Fsp3) is 0.350. The van der Waals surface area contributed by atoms with Crippen molar-refractivity contribution in [3.8, 4) is 0 Å². The largest absolute Gasteiger partial charge is 0.390 e. The Kier molecular flexibility index (Phi) is 4.53. The van der Waals surface area contributed by atoms with E-state index in [1.165, 1.54) is 11.1 Å². The standard InChI is InChI=1S/C20H23N3O2/c24-14-20-21-18-7-3-4-8-19(18)23(20)13-17(25)12-22-10-9-15-5-1-2-6-16(15)11-22/h1-8,17,24-25H,9-14H2/t17-/m1/s1. The third-order valence-electron chi connectivity index (χ3n) is 4.95. The molecule has 1 aromatic heterocycles. The van der Waals surface area contributed by atoms with E-state index in [-0.39, 0.29) is 6.61 Å². The van der Waals surface area contributed by atoms with Crippen molar-refractivity contribution in [1.29, 1.82) is 0 Å². The average Bonchev–Trinajstić information content (AvgIpc) is 2.99. The molecule has 2 N–H and O–H groups in total. The summed E-state index contributed by atoms with van der Waals surface area (Å²) in [5.41, 5.74) is 4.57. The molecule has 1 atom stereocenters. The molecule has 4 rings (SSSR count). The van der Waals surface area contributed by atoms with Crippen LogP contribution in [-0.4, -0.2) is 43.9 Å². The molecule has 1 aliphatic rings. The topological polar surface area (TPSA) is 61.5 Å². The van der Waals surface area contributed by atoms with Crippen LogP contribution in [0.4, 0.5) is 0 Å². The minimum atomic E-state index is -0.506. The average molecular weight is 337 g/mol. The number of nitrogens with zero attached hydrogens (tertiary/aromatic N) is 3. The van der Waals surface area contributed by atoms with Crippen LogP contribution in [0.2, 0.25) is 0 Å². The van der Waals surface area contributed by atoms with Crippen LogP contribution < -0.4 is 0 Å². The molecule has 0 fully saturated rings. The highest BCUT2D eigenvalue weighted by molar-refractivity contribution is 5.75. The van der Waals surface area contributed by atoms with Crippen LogP contribution in [0.3, 0.4) is 0 Å². The minimum Gasteiger partial charge on any atom is -0.390 e. The van der Waals surface area contributed by atoms with Crippen molar-refractivity contribution in [3.63, 3.8) is 0 Å². The highest BCUT2D eigenvalue weighted by Gasteiger charge is 2.20. The highest BCUT2D eigenvalue weighted by Crippen LogP contribution is 2.20. The molecule has 0 radical (unpaired) electrons. The number of imidazole rings is 1. The molecule has 0 amide bonds. The Hall–Kier alpha value is -2.21. The summed E-state index contributed by atoms with van der Waals surface area (Å²) in [4.78, 5) is 6.75. The summed E-state index contributed by atoms with van der Waals surface area (Å²) < 4.78 is 1.93. The molecular formula is C20H23N3O2. The predicted octanol–water partition coefficient (Wildman–Crippen LogP) is 1.95. The van der Waals surface area contributed by atoms with Crippen LogP contribution in [0.15, 0.2) is 48.5 Å². The maximum atomic E-state index is 10.6. The third kappa shape index (κ3) is 3.31. The van der Waals surface area contributed by atoms with E-state index in [1.54, 1.807) is 0 Å². The van der Waals surface area contributed by atoms with Gasteiger partial charge in [0.2, 0.25) is 0 Å². The Balaban J connectivity index is 1.47. The summed E-state index contributed by atoms with van der Waals surface area (Å²) in [7, 11) is 0. The van der Waals surface area contributed by atoms with Gasteiger partial charge in [0.1, 0.15) is 12.4 Å². The summed E-state index contributed by atoms with van der Waals surface area (Å²) in [5, 5.41) is 20.2. The molecule has 130 valence electrons. The van der Waals surface area contributed by atoms with Gasteiger partial charge in [-0.05, 0) is 29.7 Å². The van der Waals surface area contributed by atoms with E-state index in [0.717, 1.165) is 30.5 Å². The number of hydrogen-bond acceptors (Lipinski definition) is 4. The molecule has 0 saturated heterocycles. The van der Waals surface area contributed by atoms with Crippen LogP contribution in [0.5, 0.6) is 0 Å². The first-order valence-electron chi connectivity index (χ1n) is 8.77. The van der Waals surface area contributed by atoms with Crippen LogP contribution in [0.1, 0.15) is 17.0 Å². The molecule has 1 aliphatic heterocycles. The van der Waals surface area contributed by atoms with Gasteiger partial charge in [-0.15, -0.1) is 0 Å². The van der Waals surface area contributed by atoms with Gasteiger partial charge in [0.15, 0.2) is 0 Å². The van der Waals surface area contributed by atoms with Crippen LogP contribution in [0.25, 0.3) is 11.0 Å². The summed E-state index contributed by atoms with van der Waals surface area (Å²) >= 11 is 0. The van der Waals surface area contributed by atoms with Gasteiger partial charge in [0, 0.05) is 19.6 Å². The summed E-state index contributed by atoms with van der Waals surface area (Å²) in [6, 6.07) is 16.3. The van der Waals surface area contributed by atoms with Gasteiger partial charge in [0.05, 0.1) is 23.7 Å². The van der Waals surface area contributed by atoms with Gasteiger partial charge < -0.3 is 14.8 Å². The zero-order valence-corrected chi connectivity index (χ0v) is 14.2. The Morgan fingerprint density at radius 1 is 1.00 bits per heavy atom. The summed E-state index contributed by atoms with van der Waals surface area (Å²) in [5.74, 6) is 0.601. The molecule has 5 nitrogen and oxygen atoms in total. The molecule has 25 heavy (non-hydrogen) atoms. The lowest BCUT2D eigenvalue weighted by molar-refractivity contribution is 0.0909. The minimum absolute atomic E-state index is 0.126. The maximum absolute atomic E-state index is 10.6. The number of aromatic nitrogens is 2. The van der Waals surface area contributed by atoms with E-state index >= 15 is 0 Å². The Morgan fingerprint density at radius 3 is 2.60 bits per heavy atom. The monoisotopic (exact) mass is 337 g/mol. The number of benzene rings is 2. The quantitative estimate of drug-likeness (QED) is 0.747. The molecule has 5 heteroatoms. The van der Waals surface area contributed by atoms with Gasteiger partial charge in [0.25, 0.3) is 0 Å². The second-order valence-corrected chi connectivity index (χ2v) is 6.69. The lowest BCUT2D eigenvalue weighted by Gasteiger charge is -2.30. The first kappa shape index (κ1) is 16.3. The Labute approximate surface area is 147 Å². The number of rotatable bonds is 5. The fourth-order valence-corrected chi connectivity index (χ4v) is 3.73. The lowest BCUT2D eigenvalue weighted by atomic mass is 10.00. The molecule has 0 aliphatic carbocycles. The van der Waals surface area contributed by atoms with Gasteiger partial charge in [-0.3, -0.25) is 4.90 Å². The number of aliphatic hydroxyl groups is 2. The second kappa shape index (κ2) is 6.96. The molecule has 2 heterocycles. The van der Waals surface area contributed by atoms with Crippen LogP contribution in [-0.2, 0) is 26.1 Å². The van der Waals surface area contributed by atoms with Gasteiger partial charge in [-0.2, -0.15) is 0 Å². The smallest absolute Gasteiger partial charge is 0.135 e. The van der Waals surface area contributed by atoms with Gasteiger partial charge in [-0.25, -0.2) is 4.98 Å². The van der Waals surface area contributed by atoms with Gasteiger partial charge >= 0.3 is 0 Å². The number of aliphatic hydroxyl groups excluding tert-OH is 2. The van der Waals surface area contributed by atoms with Crippen molar-refractivity contribution in [2.45, 2.75) is 32.2 Å². The zero-order valence-electron chi connectivity index (χ0n) is 14.2. The maximum Gasteiger partial charge on any atom is 0.135 e. The van der Waals surface area contributed by atoms with Crippen molar-refractivity contribution < 1.29 is 10.2 Å². The van der Waals surface area contributed by atoms with Crippen LogP contribution in [0, 0.1) is 0 Å². The normalized spacial score (nSPS) is 16.1. The first-order valence-corrected chi connectivity index (χ1v) is 8.77. The number of para-hydroxylation sites is 2. The molecule has 0 saturated carbocycles. The summed E-state index contributed by atoms with van der Waals surface area (Å²) in [6.07, 6.45) is 0.520. The molecule has 2 aromatic carbocycles. The van der Waals surface area contributed by atoms with E-state index in [9.17, 15) is 10.2 Å². The zero-order chi connectivity index (χ0) is 17.2. The lowest BCUT2D eigenvalue weighted by Crippen LogP contribution is -2.38. The van der Waals surface area contributed by atoms with Crippen LogP contribution >= 0.6 is 0 Å². The summed E-state index contributed by atoms with van der Waals surface area (Å²) in [6.45, 7) is 2.77. The van der Waals surface area contributed by atoms with E-state index < -0.39 is 6.10 Å². The molecule has 0 spiro atoms. The number of β-amino-alcohol motifs (C(OH)–C–C–N with tert-alkyl or cyclic N) is 1. The predicted molar refractivity (Wildman–Crippen MR) is 97.1 cm³/mol. The highest BCUT2D eigenvalue weighted by atomic mass is 16.3.